The highest BCUT2D eigenvalue weighted by atomic mass is 16.6. The van der Waals surface area contributed by atoms with Crippen LogP contribution in [-0.4, -0.2) is 96.5 Å². The highest BCUT2D eigenvalue weighted by Gasteiger charge is 2.27. The third-order valence-electron chi connectivity index (χ3n) is 5.54. The lowest BCUT2D eigenvalue weighted by Gasteiger charge is -2.21. The summed E-state index contributed by atoms with van der Waals surface area (Å²) in [4.78, 5) is 52.1. The van der Waals surface area contributed by atoms with E-state index >= 15 is 0 Å². The summed E-state index contributed by atoms with van der Waals surface area (Å²) >= 11 is 0. The number of pyridine rings is 1. The molecule has 2 unspecified atom stereocenters. The monoisotopic (exact) mass is 597 g/mol. The molecule has 1 heterocycles. The van der Waals surface area contributed by atoms with Crippen molar-refractivity contribution in [3.8, 4) is 0 Å². The topological polar surface area (TPSA) is 183 Å². The molecule has 0 fully saturated rings. The molecule has 2 atom stereocenters. The minimum absolute atomic E-state index is 0.0161. The van der Waals surface area contributed by atoms with Gasteiger partial charge in [-0.25, -0.2) is 19.4 Å². The maximum Gasteiger partial charge on any atom is 0.407 e. The Kier molecular flexibility index (Phi) is 16.0. The van der Waals surface area contributed by atoms with Gasteiger partial charge in [0.05, 0.1) is 17.6 Å². The van der Waals surface area contributed by atoms with Crippen LogP contribution < -0.4 is 10.6 Å². The number of aliphatic hydroxyl groups is 2. The molecule has 13 heteroatoms. The molecule has 0 aliphatic carbocycles. The summed E-state index contributed by atoms with van der Waals surface area (Å²) in [6.07, 6.45) is 2.05. The molecule has 0 bridgehead atoms. The number of carbonyl (C=O) groups is 4. The van der Waals surface area contributed by atoms with Crippen LogP contribution in [0, 0.1) is 5.41 Å². The van der Waals surface area contributed by atoms with Gasteiger partial charge in [0, 0.05) is 18.3 Å². The van der Waals surface area contributed by atoms with Crippen molar-refractivity contribution in [2.75, 3.05) is 39.5 Å². The number of carbonyl (C=O) groups excluding carboxylic acids is 4. The van der Waals surface area contributed by atoms with Crippen LogP contribution in [0.25, 0.3) is 0 Å². The Labute approximate surface area is 247 Å². The second-order valence-electron chi connectivity index (χ2n) is 11.9. The number of amides is 1. The van der Waals surface area contributed by atoms with Gasteiger partial charge in [0.15, 0.2) is 6.10 Å². The average Bonchev–Trinajstić information content (AvgIpc) is 2.92. The number of aliphatic hydroxyl groups excluding tert-OH is 2. The van der Waals surface area contributed by atoms with E-state index in [0.29, 0.717) is 6.54 Å². The van der Waals surface area contributed by atoms with Crippen LogP contribution in [0.1, 0.15) is 88.1 Å². The molecule has 238 valence electrons. The van der Waals surface area contributed by atoms with E-state index in [9.17, 15) is 29.4 Å². The molecule has 1 aromatic heterocycles. The van der Waals surface area contributed by atoms with E-state index in [1.165, 1.54) is 12.1 Å². The van der Waals surface area contributed by atoms with Gasteiger partial charge >= 0.3 is 24.0 Å². The normalized spacial score (nSPS) is 13.0. The highest BCUT2D eigenvalue weighted by molar-refractivity contribution is 5.91. The van der Waals surface area contributed by atoms with Gasteiger partial charge in [-0.15, -0.1) is 0 Å². The van der Waals surface area contributed by atoms with Crippen molar-refractivity contribution < 1.29 is 48.3 Å². The van der Waals surface area contributed by atoms with Crippen molar-refractivity contribution in [1.29, 1.82) is 0 Å². The Hall–Kier alpha value is -3.29. The molecule has 0 saturated heterocycles. The zero-order chi connectivity index (χ0) is 31.8. The molecular formula is C29H47N3O10. The van der Waals surface area contributed by atoms with E-state index in [4.69, 9.17) is 18.9 Å². The molecule has 13 nitrogen and oxygen atoms in total. The van der Waals surface area contributed by atoms with E-state index in [1.807, 2.05) is 0 Å². The van der Waals surface area contributed by atoms with Gasteiger partial charge in [-0.2, -0.15) is 0 Å². The molecule has 4 N–H and O–H groups in total. The molecule has 0 radical (unpaired) electrons. The summed E-state index contributed by atoms with van der Waals surface area (Å²) in [6.45, 7) is 11.0. The number of alkyl carbamates (subject to hydrolysis) is 1. The van der Waals surface area contributed by atoms with E-state index in [0.717, 1.165) is 38.4 Å². The number of unbranched alkanes of at least 4 members (excludes halogenated alkanes) is 3. The third-order valence-corrected chi connectivity index (χ3v) is 5.54. The summed E-state index contributed by atoms with van der Waals surface area (Å²) in [7, 11) is 0. The van der Waals surface area contributed by atoms with Gasteiger partial charge in [-0.05, 0) is 73.1 Å². The Morgan fingerprint density at radius 1 is 0.857 bits per heavy atom. The first kappa shape index (κ1) is 36.7. The molecule has 0 aliphatic rings. The summed E-state index contributed by atoms with van der Waals surface area (Å²) in [5.74, 6) is -2.21. The van der Waals surface area contributed by atoms with Crippen LogP contribution in [0.15, 0.2) is 18.3 Å². The van der Waals surface area contributed by atoms with Crippen LogP contribution in [0.3, 0.4) is 0 Å². The highest BCUT2D eigenvalue weighted by Crippen LogP contribution is 2.16. The maximum atomic E-state index is 12.3. The molecule has 42 heavy (non-hydrogen) atoms. The predicted molar refractivity (Wildman–Crippen MR) is 153 cm³/mol. The summed E-state index contributed by atoms with van der Waals surface area (Å²) in [6, 6.07) is 2.52. The largest absolute Gasteiger partial charge is 0.458 e. The first-order valence-corrected chi connectivity index (χ1v) is 14.1. The zero-order valence-corrected chi connectivity index (χ0v) is 25.6. The molecular weight excluding hydrogens is 550 g/mol. The van der Waals surface area contributed by atoms with Gasteiger partial charge in [-0.1, -0.05) is 12.8 Å². The van der Waals surface area contributed by atoms with Crippen molar-refractivity contribution in [2.45, 2.75) is 85.0 Å². The van der Waals surface area contributed by atoms with Crippen molar-refractivity contribution in [1.82, 2.24) is 15.6 Å². The number of hydrogen-bond acceptors (Lipinski definition) is 12. The first-order chi connectivity index (χ1) is 19.6. The Morgan fingerprint density at radius 3 is 2.05 bits per heavy atom. The fourth-order valence-corrected chi connectivity index (χ4v) is 3.11. The minimum Gasteiger partial charge on any atom is -0.458 e. The fraction of sp³-hybridized carbons (Fsp3) is 0.690. The summed E-state index contributed by atoms with van der Waals surface area (Å²) in [5, 5.41) is 25.4. The van der Waals surface area contributed by atoms with Crippen LogP contribution >= 0.6 is 0 Å². The average molecular weight is 598 g/mol. The predicted octanol–water partition coefficient (Wildman–Crippen LogP) is 2.38. The lowest BCUT2D eigenvalue weighted by molar-refractivity contribution is -0.163. The maximum absolute atomic E-state index is 12.3. The molecule has 1 rings (SSSR count). The van der Waals surface area contributed by atoms with Gasteiger partial charge in [-0.3, -0.25) is 4.79 Å². The smallest absolute Gasteiger partial charge is 0.407 e. The SMILES string of the molecule is CC(C)(C)NCCCCCCNC(=O)OCC(O)COC(=O)c1ccc(C(=O)OCC(CO)OC(=O)C(C)(C)C)cn1. The second-order valence-corrected chi connectivity index (χ2v) is 11.9. The van der Waals surface area contributed by atoms with Gasteiger partial charge in [0.2, 0.25) is 0 Å². The van der Waals surface area contributed by atoms with E-state index in [2.05, 4.69) is 36.4 Å². The van der Waals surface area contributed by atoms with Gasteiger partial charge in [0.25, 0.3) is 0 Å². The molecule has 0 spiro atoms. The second kappa shape index (κ2) is 18.3. The van der Waals surface area contributed by atoms with Crippen molar-refractivity contribution in [2.24, 2.45) is 5.41 Å². The number of esters is 3. The summed E-state index contributed by atoms with van der Waals surface area (Å²) in [5.41, 5.74) is -0.789. The van der Waals surface area contributed by atoms with Gasteiger partial charge < -0.3 is 39.8 Å². The van der Waals surface area contributed by atoms with Crippen molar-refractivity contribution in [3.63, 3.8) is 0 Å². The third kappa shape index (κ3) is 16.2. The first-order valence-electron chi connectivity index (χ1n) is 14.1. The quantitative estimate of drug-likeness (QED) is 0.117. The standard InChI is InChI=1S/C29H47N3O10/c1-28(2,3)26(37)42-22(16-33)19-40-24(35)20-11-12-23(31-15-20)25(36)39-17-21(34)18-41-27(38)30-13-9-7-8-10-14-32-29(4,5)6/h11-12,15,21-22,32-34H,7-10,13-14,16-19H2,1-6H3,(H,30,38). The van der Waals surface area contributed by atoms with E-state index < -0.39 is 54.8 Å². The molecule has 1 aromatic rings. The molecule has 0 aliphatic heterocycles. The number of aromatic nitrogens is 1. The molecule has 0 saturated carbocycles. The van der Waals surface area contributed by atoms with Crippen LogP contribution in [-0.2, 0) is 23.7 Å². The van der Waals surface area contributed by atoms with Gasteiger partial charge in [0.1, 0.15) is 31.6 Å². The number of hydrogen-bond donors (Lipinski definition) is 4. The Balaban J connectivity index is 2.29. The van der Waals surface area contributed by atoms with Crippen LogP contribution in [0.2, 0.25) is 0 Å². The Morgan fingerprint density at radius 2 is 1.48 bits per heavy atom. The zero-order valence-electron chi connectivity index (χ0n) is 25.6. The van der Waals surface area contributed by atoms with E-state index in [-0.39, 0.29) is 30.0 Å². The minimum atomic E-state index is -1.24. The number of nitrogens with zero attached hydrogens (tertiary/aromatic N) is 1. The lowest BCUT2D eigenvalue weighted by Crippen LogP contribution is -2.36. The number of ether oxygens (including phenoxy) is 4. The van der Waals surface area contributed by atoms with Crippen LogP contribution in [0.5, 0.6) is 0 Å². The Bertz CT molecular complexity index is 987. The van der Waals surface area contributed by atoms with Crippen molar-refractivity contribution >= 4 is 24.0 Å². The van der Waals surface area contributed by atoms with E-state index in [1.54, 1.807) is 20.8 Å². The lowest BCUT2D eigenvalue weighted by atomic mass is 9.97. The number of nitrogens with one attached hydrogen (secondary N) is 2. The van der Waals surface area contributed by atoms with Crippen molar-refractivity contribution in [3.05, 3.63) is 29.6 Å². The fourth-order valence-electron chi connectivity index (χ4n) is 3.11. The molecule has 0 aromatic carbocycles. The molecule has 1 amide bonds. The number of rotatable bonds is 17. The van der Waals surface area contributed by atoms with Crippen LogP contribution in [0.4, 0.5) is 4.79 Å². The summed E-state index contributed by atoms with van der Waals surface area (Å²) < 4.78 is 20.1.